The third-order valence-electron chi connectivity index (χ3n) is 9.76. The molecule has 4 heterocycles. The predicted octanol–water partition coefficient (Wildman–Crippen LogP) is 4.03. The summed E-state index contributed by atoms with van der Waals surface area (Å²) in [5, 5.41) is 18.9. The lowest BCUT2D eigenvalue weighted by molar-refractivity contribution is 0.0941. The number of carbonyl (C=O) groups is 4. The number of nitrogens with zero attached hydrogens (tertiary/aromatic N) is 10. The van der Waals surface area contributed by atoms with Gasteiger partial charge in [-0.05, 0) is 83.9 Å². The summed E-state index contributed by atoms with van der Waals surface area (Å²) in [4.78, 5) is 62.4. The average molecular weight is 890 g/mol. The van der Waals surface area contributed by atoms with Crippen molar-refractivity contribution in [2.45, 2.75) is 53.9 Å². The van der Waals surface area contributed by atoms with E-state index in [-0.39, 0.29) is 49.5 Å². The Hall–Kier alpha value is -8.07. The lowest BCUT2D eigenvalue weighted by atomic mass is 10.1. The van der Waals surface area contributed by atoms with E-state index in [4.69, 9.17) is 25.9 Å². The number of hydrogen-bond acceptors (Lipinski definition) is 14. The first-order chi connectivity index (χ1) is 31.4. The Kier molecular flexibility index (Phi) is 16.5. The van der Waals surface area contributed by atoms with Crippen molar-refractivity contribution >= 4 is 64.8 Å². The summed E-state index contributed by atoms with van der Waals surface area (Å²) < 4.78 is 18.6. The minimum atomic E-state index is -0.692. The van der Waals surface area contributed by atoms with Crippen LogP contribution < -0.4 is 42.2 Å². The number of anilines is 3. The first kappa shape index (κ1) is 48.0. The highest BCUT2D eigenvalue weighted by Gasteiger charge is 2.23. The first-order valence-electron chi connectivity index (χ1n) is 20.6. The van der Waals surface area contributed by atoms with Gasteiger partial charge in [-0.1, -0.05) is 18.2 Å². The molecule has 342 valence electrons. The van der Waals surface area contributed by atoms with Gasteiger partial charge < -0.3 is 41.5 Å². The fraction of sp³-hybridized carbons (Fsp3) is 0.295. The van der Waals surface area contributed by atoms with E-state index < -0.39 is 11.8 Å². The molecule has 8 N–H and O–H groups in total. The zero-order valence-corrected chi connectivity index (χ0v) is 37.3. The van der Waals surface area contributed by atoms with E-state index in [0.29, 0.717) is 88.1 Å². The van der Waals surface area contributed by atoms with Gasteiger partial charge in [0.2, 0.25) is 11.9 Å². The van der Waals surface area contributed by atoms with Crippen molar-refractivity contribution in [2.24, 2.45) is 16.5 Å². The molecule has 0 aliphatic rings. The molecule has 0 radical (unpaired) electrons. The number of methoxy groups -OCH3 is 1. The van der Waals surface area contributed by atoms with Gasteiger partial charge in [0.05, 0.1) is 54.8 Å². The number of aldehydes is 1. The van der Waals surface area contributed by atoms with E-state index in [1.54, 1.807) is 68.3 Å². The fourth-order valence-electron chi connectivity index (χ4n) is 6.88. The van der Waals surface area contributed by atoms with Crippen molar-refractivity contribution in [3.63, 3.8) is 0 Å². The van der Waals surface area contributed by atoms with Gasteiger partial charge in [-0.25, -0.2) is 4.98 Å². The van der Waals surface area contributed by atoms with Crippen LogP contribution in [0, 0.1) is 13.8 Å². The standard InChI is InChI=1S/C43H50N14O6.CH5N/c1-7-56-34(17-27(3)51-56)41(60)47-26-53(38-32(46-5)19-29(25-58)20-36(38)62-6)13-9-10-15-55-39-33(49-43(55)50-42(61)35-18-28(4)52-57(35)8-2)21-30(40(45)59)22-37(39)63-16-12-11-14-54-24-31(44)23-48-54;1-2/h9-12,17-25H,5,7-8,13-16,26,44H2,1-4,6H3,(H2,45,59)(H,47,60)(H,49,50,61);2H2,1H3/b10-9+,12-11+;. The summed E-state index contributed by atoms with van der Waals surface area (Å²) in [5.74, 6) is -0.705. The molecule has 0 aliphatic heterocycles. The Balaban J connectivity index is 0.00000391. The van der Waals surface area contributed by atoms with Crippen LogP contribution in [0.1, 0.15) is 66.9 Å². The van der Waals surface area contributed by atoms with Crippen LogP contribution in [0.25, 0.3) is 11.0 Å². The second-order valence-electron chi connectivity index (χ2n) is 14.2. The number of aliphatic imine (C=N–C) groups is 1. The van der Waals surface area contributed by atoms with E-state index >= 15 is 0 Å². The molecule has 65 heavy (non-hydrogen) atoms. The van der Waals surface area contributed by atoms with Crippen LogP contribution in [0.5, 0.6) is 11.5 Å². The maximum Gasteiger partial charge on any atom is 0.276 e. The number of benzene rings is 2. The van der Waals surface area contributed by atoms with Gasteiger partial charge >= 0.3 is 0 Å². The number of aryl methyl sites for hydroxylation is 4. The molecule has 21 nitrogen and oxygen atoms in total. The van der Waals surface area contributed by atoms with Crippen molar-refractivity contribution in [2.75, 3.05) is 49.9 Å². The lowest BCUT2D eigenvalue weighted by Gasteiger charge is -2.27. The highest BCUT2D eigenvalue weighted by molar-refractivity contribution is 6.04. The second kappa shape index (κ2) is 22.3. The molecule has 2 aromatic carbocycles. The van der Waals surface area contributed by atoms with Crippen LogP contribution in [0.4, 0.5) is 23.0 Å². The number of allylic oxidation sites excluding steroid dienone is 2. The molecule has 0 saturated carbocycles. The summed E-state index contributed by atoms with van der Waals surface area (Å²) in [7, 11) is 2.97. The zero-order valence-electron chi connectivity index (χ0n) is 37.3. The van der Waals surface area contributed by atoms with Crippen LogP contribution in [0.2, 0.25) is 0 Å². The molecule has 0 fully saturated rings. The number of fused-ring (bicyclic) bond motifs is 1. The first-order valence-corrected chi connectivity index (χ1v) is 20.6. The summed E-state index contributed by atoms with van der Waals surface area (Å²) >= 11 is 0. The Morgan fingerprint density at radius 1 is 0.908 bits per heavy atom. The van der Waals surface area contributed by atoms with E-state index in [0.717, 1.165) is 0 Å². The molecule has 3 amide bonds. The van der Waals surface area contributed by atoms with E-state index in [2.05, 4.69) is 43.4 Å². The molecule has 6 rings (SSSR count). The largest absolute Gasteiger partial charge is 0.494 e. The van der Waals surface area contributed by atoms with Crippen LogP contribution >= 0.6 is 0 Å². The number of amides is 3. The normalized spacial score (nSPS) is 11.1. The Morgan fingerprint density at radius 2 is 1.58 bits per heavy atom. The predicted molar refractivity (Wildman–Crippen MR) is 249 cm³/mol. The highest BCUT2D eigenvalue weighted by Crippen LogP contribution is 2.39. The number of nitrogen functional groups attached to an aromatic ring is 1. The van der Waals surface area contributed by atoms with Crippen LogP contribution in [-0.2, 0) is 26.2 Å². The van der Waals surface area contributed by atoms with E-state index in [1.807, 2.05) is 43.9 Å². The maximum absolute atomic E-state index is 13.8. The summed E-state index contributed by atoms with van der Waals surface area (Å²) in [6.45, 7) is 13.0. The van der Waals surface area contributed by atoms with E-state index in [9.17, 15) is 19.2 Å². The Labute approximate surface area is 375 Å². The van der Waals surface area contributed by atoms with Crippen molar-refractivity contribution in [1.82, 2.24) is 44.2 Å². The number of nitrogens with one attached hydrogen (secondary N) is 2. The van der Waals surface area contributed by atoms with Crippen LogP contribution in [0.3, 0.4) is 0 Å². The third-order valence-corrected chi connectivity index (χ3v) is 9.76. The molecule has 0 unspecified atom stereocenters. The van der Waals surface area contributed by atoms with Gasteiger partial charge in [-0.15, -0.1) is 0 Å². The van der Waals surface area contributed by atoms with Crippen molar-refractivity contribution < 1.29 is 28.7 Å². The van der Waals surface area contributed by atoms with Gasteiger partial charge in [0.15, 0.2) is 0 Å². The molecule has 0 aliphatic carbocycles. The molecule has 6 aromatic rings. The molecular formula is C44H55N15O6. The summed E-state index contributed by atoms with van der Waals surface area (Å²) in [6, 6.07) is 9.62. The number of rotatable bonds is 21. The monoisotopic (exact) mass is 889 g/mol. The van der Waals surface area contributed by atoms with Gasteiger partial charge in [-0.2, -0.15) is 15.3 Å². The van der Waals surface area contributed by atoms with Crippen molar-refractivity contribution in [3.8, 4) is 11.5 Å². The highest BCUT2D eigenvalue weighted by atomic mass is 16.5. The lowest BCUT2D eigenvalue weighted by Crippen LogP contribution is -2.39. The smallest absolute Gasteiger partial charge is 0.276 e. The minimum Gasteiger partial charge on any atom is -0.494 e. The van der Waals surface area contributed by atoms with Gasteiger partial charge in [-0.3, -0.25) is 43.5 Å². The molecule has 0 saturated heterocycles. The minimum absolute atomic E-state index is 0.00848. The zero-order chi connectivity index (χ0) is 47.2. The number of carbonyl (C=O) groups excluding carboxylic acids is 4. The summed E-state index contributed by atoms with van der Waals surface area (Å²) in [6.07, 6.45) is 11.3. The van der Waals surface area contributed by atoms with Crippen molar-refractivity contribution in [1.29, 1.82) is 0 Å². The molecule has 0 atom stereocenters. The van der Waals surface area contributed by atoms with Gasteiger partial charge in [0, 0.05) is 43.5 Å². The average Bonchev–Trinajstić information content (AvgIpc) is 4.10. The number of nitrogens with two attached hydrogens (primary N) is 3. The Morgan fingerprint density at radius 3 is 2.18 bits per heavy atom. The molecule has 0 spiro atoms. The molecule has 0 bridgehead atoms. The van der Waals surface area contributed by atoms with Gasteiger partial charge in [0.25, 0.3) is 11.8 Å². The quantitative estimate of drug-likeness (QED) is 0.0296. The summed E-state index contributed by atoms with van der Waals surface area (Å²) in [5.41, 5.74) is 20.8. The topological polar surface area (TPSA) is 276 Å². The SMILES string of the molecule is C=Nc1cc(C=O)cc(OC)c1N(C/C=C/Cn1c(NC(=O)c2cc(C)nn2CC)nc2cc(C(N)=O)cc(OC/C=C/Cn3cc(N)cn3)c21)CNC(=O)c1cc(C)nn1CC.CN. The molecule has 21 heteroatoms. The number of ether oxygens (including phenoxy) is 2. The molecule has 4 aromatic heterocycles. The van der Waals surface area contributed by atoms with E-state index in [1.165, 1.54) is 26.3 Å². The number of aromatic nitrogens is 8. The number of primary amides is 1. The van der Waals surface area contributed by atoms with Crippen LogP contribution in [0.15, 0.2) is 78.1 Å². The fourth-order valence-corrected chi connectivity index (χ4v) is 6.88. The number of imidazole rings is 1. The second-order valence-corrected chi connectivity index (χ2v) is 14.2. The number of hydrogen-bond donors (Lipinski definition) is 5. The van der Waals surface area contributed by atoms with Crippen LogP contribution in [-0.4, -0.2) is 104 Å². The van der Waals surface area contributed by atoms with Gasteiger partial charge in [0.1, 0.15) is 47.0 Å². The van der Waals surface area contributed by atoms with Crippen molar-refractivity contribution in [3.05, 3.63) is 107 Å². The third kappa shape index (κ3) is 11.5. The molecular weight excluding hydrogens is 835 g/mol. The maximum atomic E-state index is 13.8. The Bertz CT molecular complexity index is 2720.